The van der Waals surface area contributed by atoms with Crippen molar-refractivity contribution in [3.05, 3.63) is 137 Å². The summed E-state index contributed by atoms with van der Waals surface area (Å²) >= 11 is 0.944. The van der Waals surface area contributed by atoms with E-state index < -0.39 is 107 Å². The summed E-state index contributed by atoms with van der Waals surface area (Å²) in [6.07, 6.45) is 1.12. The van der Waals surface area contributed by atoms with E-state index >= 15 is 24.0 Å². The molecular weight excluding hydrogens is 1110 g/mol. The van der Waals surface area contributed by atoms with Gasteiger partial charge in [0.1, 0.15) is 54.1 Å². The monoisotopic (exact) mass is 1180 g/mol. The molecule has 4 aliphatic heterocycles. The molecule has 8 rings (SSSR count). The molecule has 450 valence electrons. The fourth-order valence-corrected chi connectivity index (χ4v) is 12.2. The lowest BCUT2D eigenvalue weighted by Gasteiger charge is -2.40. The Morgan fingerprint density at radius 2 is 1.18 bits per heavy atom. The van der Waals surface area contributed by atoms with Gasteiger partial charge in [0.15, 0.2) is 5.96 Å². The van der Waals surface area contributed by atoms with Gasteiger partial charge >= 0.3 is 0 Å². The first-order chi connectivity index (χ1) is 40.8. The molecule has 4 aliphatic rings. The summed E-state index contributed by atoms with van der Waals surface area (Å²) in [5.41, 5.74) is 26.1. The highest BCUT2D eigenvalue weighted by atomic mass is 32.2. The van der Waals surface area contributed by atoms with Crippen molar-refractivity contribution < 1.29 is 53.1 Å². The van der Waals surface area contributed by atoms with Crippen LogP contribution in [0.3, 0.4) is 0 Å². The minimum Gasteiger partial charge on any atom is -0.508 e. The number of phenols is 1. The molecule has 4 aromatic carbocycles. The molecular formula is C60H73N13O11S. The molecule has 85 heavy (non-hydrogen) atoms. The Morgan fingerprint density at radius 3 is 1.82 bits per heavy atom. The number of fused-ring (bicyclic) bond motifs is 4. The molecule has 0 unspecified atom stereocenters. The quantitative estimate of drug-likeness (QED) is 0.0491. The number of hydrogen-bond donors (Lipinski definition) is 9. The Bertz CT molecular complexity index is 3160. The van der Waals surface area contributed by atoms with Crippen LogP contribution < -0.4 is 44.2 Å². The van der Waals surface area contributed by atoms with Crippen molar-refractivity contribution in [3.8, 4) is 5.75 Å². The van der Waals surface area contributed by atoms with Crippen LogP contribution in [0, 0.1) is 0 Å². The maximum absolute atomic E-state index is 15.3. The Kier molecular flexibility index (Phi) is 20.8. The topological polar surface area (TPSA) is 368 Å². The second-order valence-electron chi connectivity index (χ2n) is 21.8. The van der Waals surface area contributed by atoms with Crippen molar-refractivity contribution in [2.45, 2.75) is 119 Å². The molecule has 0 bridgehead atoms. The van der Waals surface area contributed by atoms with Crippen LogP contribution in [0.15, 0.2) is 108 Å². The van der Waals surface area contributed by atoms with Crippen molar-refractivity contribution in [1.29, 1.82) is 0 Å². The second-order valence-corrected chi connectivity index (χ2v) is 22.8. The highest BCUT2D eigenvalue weighted by molar-refractivity contribution is 8.00. The zero-order chi connectivity index (χ0) is 60.9. The van der Waals surface area contributed by atoms with Crippen LogP contribution in [0.25, 0.3) is 0 Å². The molecule has 10 amide bonds. The summed E-state index contributed by atoms with van der Waals surface area (Å²) in [7, 11) is 1.44. The number of likely N-dealkylation sites (N-methyl/N-ethyl adjacent to an activating group) is 1. The standard InChI is InChI=1S/C60H73N13O11S/c1-70-48(30-37-19-23-41(74)24-20-37)54(79)67-42(14-7-25-65-60(63)64)56(81)72-27-9-16-47(72)59(84)73-32-40-13-6-5-12-39(40)31-49(73)55(80)68-43(28-36-17-21-38(22-18-36)51(61)76)53(78)69-45(52(62)77)33-85-34-50(75)66-44(29-35-10-3-2-4-11-35)57(82)71-26-8-15-46(71)58(70)83/h2-6,10-13,17-24,42-49,74H,7-9,14-16,25-34H2,1H3,(H2,61,76)(H2,62,77)(H,66,75)(H,67,79)(H,68,80)(H,69,78)(H4,63,64,65)/t42-,43-,44-,45-,46-,47-,48-,49-/m0/s1. The van der Waals surface area contributed by atoms with Gasteiger partial charge < -0.3 is 68.9 Å². The minimum absolute atomic E-state index is 0.00717. The number of hydrogen-bond acceptors (Lipinski definition) is 13. The van der Waals surface area contributed by atoms with Crippen molar-refractivity contribution in [1.82, 2.24) is 40.9 Å². The van der Waals surface area contributed by atoms with Crippen LogP contribution >= 0.6 is 11.8 Å². The first-order valence-electron chi connectivity index (χ1n) is 28.3. The van der Waals surface area contributed by atoms with E-state index in [4.69, 9.17) is 22.9 Å². The number of thioether (sulfide) groups is 1. The summed E-state index contributed by atoms with van der Waals surface area (Å²) in [5, 5.41) is 21.4. The molecule has 3 fully saturated rings. The van der Waals surface area contributed by atoms with E-state index in [1.807, 2.05) is 12.1 Å². The Labute approximate surface area is 496 Å². The van der Waals surface area contributed by atoms with Crippen LogP contribution in [0.5, 0.6) is 5.75 Å². The number of rotatable bonds is 12. The molecule has 0 spiro atoms. The smallest absolute Gasteiger partial charge is 0.248 e. The third-order valence-electron chi connectivity index (χ3n) is 15.9. The average Bonchev–Trinajstić information content (AvgIpc) is 3.53. The highest BCUT2D eigenvalue weighted by Crippen LogP contribution is 2.30. The lowest BCUT2D eigenvalue weighted by atomic mass is 9.92. The average molecular weight is 1180 g/mol. The van der Waals surface area contributed by atoms with Crippen LogP contribution in [-0.4, -0.2) is 176 Å². The summed E-state index contributed by atoms with van der Waals surface area (Å²) in [4.78, 5) is 154. The number of nitrogens with two attached hydrogens (primary N) is 4. The van der Waals surface area contributed by atoms with E-state index in [-0.39, 0.29) is 106 Å². The second kappa shape index (κ2) is 28.5. The van der Waals surface area contributed by atoms with Gasteiger partial charge in [0.05, 0.1) is 5.75 Å². The van der Waals surface area contributed by atoms with E-state index in [0.717, 1.165) is 22.9 Å². The number of phenolic OH excluding ortho intramolecular Hbond substituents is 1. The number of carbonyl (C=O) groups excluding carboxylic acids is 10. The van der Waals surface area contributed by atoms with Crippen LogP contribution in [0.4, 0.5) is 0 Å². The molecule has 8 atom stereocenters. The zero-order valence-electron chi connectivity index (χ0n) is 47.2. The first kappa shape index (κ1) is 62.1. The van der Waals surface area contributed by atoms with Crippen molar-refractivity contribution >= 4 is 76.8 Å². The van der Waals surface area contributed by atoms with Gasteiger partial charge in [-0.3, -0.25) is 52.9 Å². The maximum Gasteiger partial charge on any atom is 0.248 e. The van der Waals surface area contributed by atoms with Crippen molar-refractivity contribution in [3.63, 3.8) is 0 Å². The fourth-order valence-electron chi connectivity index (χ4n) is 11.4. The lowest BCUT2D eigenvalue weighted by molar-refractivity contribution is -0.151. The summed E-state index contributed by atoms with van der Waals surface area (Å²) in [5.74, 6) is -7.70. The van der Waals surface area contributed by atoms with Crippen molar-refractivity contribution in [2.24, 2.45) is 27.9 Å². The number of nitrogens with one attached hydrogen (secondary N) is 4. The Balaban J connectivity index is 1.19. The number of nitrogens with zero attached hydrogens (tertiary/aromatic N) is 5. The molecule has 4 aromatic rings. The van der Waals surface area contributed by atoms with Gasteiger partial charge in [-0.05, 0) is 90.6 Å². The predicted octanol–water partition coefficient (Wildman–Crippen LogP) is -0.494. The van der Waals surface area contributed by atoms with Gasteiger partial charge in [-0.25, -0.2) is 0 Å². The first-order valence-corrected chi connectivity index (χ1v) is 29.5. The molecule has 0 aliphatic carbocycles. The van der Waals surface area contributed by atoms with Gasteiger partial charge in [-0.1, -0.05) is 78.9 Å². The Hall–Kier alpha value is -9.00. The van der Waals surface area contributed by atoms with Crippen LogP contribution in [0.1, 0.15) is 76.7 Å². The number of aromatic hydroxyl groups is 1. The SMILES string of the molecule is CN1C(=O)[C@@H]2CCCN2C(=O)[C@H](Cc2ccccc2)NC(=O)CSC[C@@H](C(N)=O)NC(=O)[C@H](Cc2ccc(C(N)=O)cc2)NC(=O)[C@@H]2Cc3ccccc3CN2C(=O)[C@@H]2CCCN2C(=O)[C@H](CCCN=C(N)N)NC(=O)[C@@H]1Cc1ccc(O)cc1. The van der Waals surface area contributed by atoms with Gasteiger partial charge in [-0.2, -0.15) is 0 Å². The minimum atomic E-state index is -1.42. The number of amides is 10. The zero-order valence-corrected chi connectivity index (χ0v) is 48.0. The van der Waals surface area contributed by atoms with Gasteiger partial charge in [0, 0.05) is 70.2 Å². The van der Waals surface area contributed by atoms with Gasteiger partial charge in [0.25, 0.3) is 0 Å². The van der Waals surface area contributed by atoms with E-state index in [9.17, 15) is 29.1 Å². The van der Waals surface area contributed by atoms with E-state index in [1.54, 1.807) is 66.7 Å². The van der Waals surface area contributed by atoms with E-state index in [0.29, 0.717) is 29.5 Å². The van der Waals surface area contributed by atoms with Crippen molar-refractivity contribution in [2.75, 3.05) is 38.2 Å². The molecule has 13 N–H and O–H groups in total. The number of primary amides is 2. The normalized spacial score (nSPS) is 24.2. The van der Waals surface area contributed by atoms with E-state index in [1.165, 1.54) is 50.9 Å². The molecule has 0 aromatic heterocycles. The fraction of sp³-hybridized carbons (Fsp3) is 0.417. The molecule has 0 saturated carbocycles. The number of carbonyl (C=O) groups is 10. The highest BCUT2D eigenvalue weighted by Gasteiger charge is 2.46. The number of guanidine groups is 1. The lowest BCUT2D eigenvalue weighted by Crippen LogP contribution is -2.62. The molecule has 25 heteroatoms. The summed E-state index contributed by atoms with van der Waals surface area (Å²) in [6.45, 7) is 0.251. The largest absolute Gasteiger partial charge is 0.508 e. The summed E-state index contributed by atoms with van der Waals surface area (Å²) in [6, 6.07) is 18.2. The third kappa shape index (κ3) is 15.8. The Morgan fingerprint density at radius 1 is 0.600 bits per heavy atom. The number of aliphatic imine (C=N–C) groups is 1. The van der Waals surface area contributed by atoms with Gasteiger partial charge in [-0.15, -0.1) is 11.8 Å². The van der Waals surface area contributed by atoms with Crippen LogP contribution in [-0.2, 0) is 75.4 Å². The third-order valence-corrected chi connectivity index (χ3v) is 17.0. The number of benzene rings is 4. The van der Waals surface area contributed by atoms with E-state index in [2.05, 4.69) is 26.3 Å². The molecule has 0 radical (unpaired) electrons. The predicted molar refractivity (Wildman–Crippen MR) is 315 cm³/mol. The molecule has 3 saturated heterocycles. The molecule has 4 heterocycles. The summed E-state index contributed by atoms with van der Waals surface area (Å²) < 4.78 is 0. The maximum atomic E-state index is 15.3. The van der Waals surface area contributed by atoms with Gasteiger partial charge in [0.2, 0.25) is 59.1 Å². The molecule has 24 nitrogen and oxygen atoms in total. The van der Waals surface area contributed by atoms with Crippen LogP contribution in [0.2, 0.25) is 0 Å².